The van der Waals surface area contributed by atoms with Crippen molar-refractivity contribution in [1.82, 2.24) is 8.26 Å². The molecule has 0 aliphatic carbocycles. The van der Waals surface area contributed by atoms with Crippen molar-refractivity contribution >= 4 is 51.5 Å². The zero-order chi connectivity index (χ0) is 12.1. The Balaban J connectivity index is 2.39. The first-order chi connectivity index (χ1) is 8.86. The molecule has 4 rings (SSSR count). The molecule has 0 unspecified atom stereocenters. The second-order valence-corrected chi connectivity index (χ2v) is 5.51. The topological polar surface area (TPSA) is 17.8 Å². The molecule has 82 valence electrons. The Labute approximate surface area is 114 Å². The zero-order valence-electron chi connectivity index (χ0n) is 9.67. The number of rotatable bonds is 0. The third-order valence-corrected chi connectivity index (χ3v) is 4.57. The number of nitrogens with zero attached hydrogens (tertiary/aromatic N) is 2. The van der Waals surface area contributed by atoms with Crippen LogP contribution in [0.5, 0.6) is 0 Å². The fraction of sp³-hybridized carbons (Fsp3) is 0. The van der Waals surface area contributed by atoms with Crippen molar-refractivity contribution in [3.63, 3.8) is 0 Å². The third kappa shape index (κ3) is 1.23. The van der Waals surface area contributed by atoms with E-state index in [4.69, 9.17) is 0 Å². The summed E-state index contributed by atoms with van der Waals surface area (Å²) in [5.74, 6) is 0. The van der Waals surface area contributed by atoms with Gasteiger partial charge in [-0.3, -0.25) is 0 Å². The Bertz CT molecular complexity index is 893. The molecule has 3 heteroatoms. The van der Waals surface area contributed by atoms with E-state index in [1.807, 2.05) is 12.3 Å². The Morgan fingerprint density at radius 1 is 0.889 bits per heavy atom. The molecule has 0 N–H and O–H groups in total. The van der Waals surface area contributed by atoms with Gasteiger partial charge in [0, 0.05) is 0 Å². The first-order valence-electron chi connectivity index (χ1n) is 5.88. The Hall–Kier alpha value is -1.71. The van der Waals surface area contributed by atoms with Gasteiger partial charge >= 0.3 is 115 Å². The van der Waals surface area contributed by atoms with Crippen molar-refractivity contribution in [1.29, 1.82) is 0 Å². The summed E-state index contributed by atoms with van der Waals surface area (Å²) in [7, 11) is 0. The molecule has 0 bridgehead atoms. The normalized spacial score (nSPS) is 11.6. The number of para-hydroxylation sites is 1. The van der Waals surface area contributed by atoms with E-state index in [-0.39, 0.29) is 0 Å². The summed E-state index contributed by atoms with van der Waals surface area (Å²) in [6.07, 6.45) is 1.87. The Morgan fingerprint density at radius 2 is 1.78 bits per heavy atom. The van der Waals surface area contributed by atoms with Gasteiger partial charge in [-0.25, -0.2) is 0 Å². The van der Waals surface area contributed by atoms with Gasteiger partial charge < -0.3 is 0 Å². The average molecular weight is 287 g/mol. The number of hydrogen-bond donors (Lipinski definition) is 0. The summed E-state index contributed by atoms with van der Waals surface area (Å²) in [5, 5.41) is 3.80. The molecule has 18 heavy (non-hydrogen) atoms. The van der Waals surface area contributed by atoms with Gasteiger partial charge in [0.25, 0.3) is 0 Å². The van der Waals surface area contributed by atoms with Crippen molar-refractivity contribution in [2.75, 3.05) is 0 Å². The van der Waals surface area contributed by atoms with Crippen molar-refractivity contribution in [3.05, 3.63) is 54.7 Å². The predicted octanol–water partition coefficient (Wildman–Crippen LogP) is 3.27. The number of aromatic nitrogens is 2. The minimum atomic E-state index is 1.09. The first kappa shape index (κ1) is 10.2. The predicted molar refractivity (Wildman–Crippen MR) is 75.9 cm³/mol. The molecular formula is C15H9GaN2. The maximum absolute atomic E-state index is 4.55. The van der Waals surface area contributed by atoms with E-state index in [2.05, 4.69) is 50.7 Å². The van der Waals surface area contributed by atoms with Crippen LogP contribution in [0.2, 0.25) is 0 Å². The minimum absolute atomic E-state index is 1.09. The van der Waals surface area contributed by atoms with E-state index in [9.17, 15) is 0 Å². The Kier molecular flexibility index (Phi) is 2.07. The van der Waals surface area contributed by atoms with Crippen molar-refractivity contribution in [2.24, 2.45) is 0 Å². The van der Waals surface area contributed by atoms with Crippen molar-refractivity contribution in [3.8, 4) is 0 Å². The summed E-state index contributed by atoms with van der Waals surface area (Å²) in [5.41, 5.74) is 3.62. The third-order valence-electron chi connectivity index (χ3n) is 3.44. The number of pyridine rings is 1. The second kappa shape index (κ2) is 3.64. The molecule has 0 spiro atoms. The van der Waals surface area contributed by atoms with Crippen LogP contribution in [0.25, 0.3) is 32.7 Å². The molecular weight excluding hydrogens is 278 g/mol. The SMILES string of the molecule is [Ga][n]1c2ccccc2c2ccc3cccnc3c21. The van der Waals surface area contributed by atoms with E-state index in [0.717, 1.165) is 5.52 Å². The van der Waals surface area contributed by atoms with E-state index in [1.165, 1.54) is 27.2 Å². The van der Waals surface area contributed by atoms with Gasteiger partial charge in [0.1, 0.15) is 0 Å². The van der Waals surface area contributed by atoms with Gasteiger partial charge in [-0.05, 0) is 0 Å². The molecule has 0 fully saturated rings. The van der Waals surface area contributed by atoms with E-state index >= 15 is 0 Å². The standard InChI is InChI=1S/C15H9N2.Ga/c1-2-6-13-11(5-1)12-8-7-10-4-3-9-16-14(10)15(12)17-13;/h1-9H;/q-1;+1. The van der Waals surface area contributed by atoms with Gasteiger partial charge in [-0.15, -0.1) is 0 Å². The van der Waals surface area contributed by atoms with Gasteiger partial charge in [0.15, 0.2) is 0 Å². The van der Waals surface area contributed by atoms with Gasteiger partial charge in [0.05, 0.1) is 0 Å². The van der Waals surface area contributed by atoms with Crippen LogP contribution < -0.4 is 0 Å². The summed E-state index contributed by atoms with van der Waals surface area (Å²) in [4.78, 5) is 4.55. The van der Waals surface area contributed by atoms with Crippen LogP contribution in [0, 0.1) is 0 Å². The molecule has 4 aromatic rings. The van der Waals surface area contributed by atoms with Gasteiger partial charge in [-0.1, -0.05) is 0 Å². The molecule has 0 amide bonds. The first-order valence-corrected chi connectivity index (χ1v) is 6.96. The zero-order valence-corrected chi connectivity index (χ0v) is 12.1. The molecule has 0 atom stereocenters. The molecule has 2 radical (unpaired) electrons. The summed E-state index contributed by atoms with van der Waals surface area (Å²) in [6, 6.07) is 17.0. The molecule has 0 saturated carbocycles. The van der Waals surface area contributed by atoms with Crippen molar-refractivity contribution < 1.29 is 0 Å². The quantitative estimate of drug-likeness (QED) is 0.454. The molecule has 2 heterocycles. The van der Waals surface area contributed by atoms with Crippen LogP contribution in [0.3, 0.4) is 0 Å². The van der Waals surface area contributed by atoms with E-state index < -0.39 is 0 Å². The van der Waals surface area contributed by atoms with Crippen LogP contribution in [0.4, 0.5) is 0 Å². The second-order valence-electron chi connectivity index (χ2n) is 4.42. The summed E-state index contributed by atoms with van der Waals surface area (Å²) < 4.78 is 2.30. The molecule has 2 aromatic heterocycles. The number of benzene rings is 2. The van der Waals surface area contributed by atoms with Crippen LogP contribution in [-0.4, -0.2) is 27.1 Å². The maximum atomic E-state index is 4.55. The van der Waals surface area contributed by atoms with Crippen LogP contribution in [0.1, 0.15) is 0 Å². The molecule has 2 aromatic carbocycles. The molecule has 0 saturated heterocycles. The van der Waals surface area contributed by atoms with Gasteiger partial charge in [-0.2, -0.15) is 0 Å². The summed E-state index contributed by atoms with van der Waals surface area (Å²) >= 11 is 1.60. The fourth-order valence-corrected chi connectivity index (χ4v) is 3.64. The van der Waals surface area contributed by atoms with Crippen molar-refractivity contribution in [2.45, 2.75) is 0 Å². The van der Waals surface area contributed by atoms with Gasteiger partial charge in [0.2, 0.25) is 0 Å². The molecule has 0 aliphatic rings. The molecule has 2 nitrogen and oxygen atoms in total. The monoisotopic (exact) mass is 286 g/mol. The van der Waals surface area contributed by atoms with E-state index in [1.54, 1.807) is 18.8 Å². The Morgan fingerprint density at radius 3 is 2.72 bits per heavy atom. The van der Waals surface area contributed by atoms with E-state index in [0.29, 0.717) is 0 Å². The fourth-order valence-electron chi connectivity index (χ4n) is 2.62. The summed E-state index contributed by atoms with van der Waals surface area (Å²) in [6.45, 7) is 0. The molecule has 0 aliphatic heterocycles. The average Bonchev–Trinajstić information content (AvgIpc) is 2.73. The van der Waals surface area contributed by atoms with Crippen LogP contribution >= 0.6 is 0 Å². The van der Waals surface area contributed by atoms with Crippen LogP contribution in [0.15, 0.2) is 54.7 Å². The number of fused-ring (bicyclic) bond motifs is 5. The van der Waals surface area contributed by atoms with Crippen LogP contribution in [-0.2, 0) is 0 Å². The number of hydrogen-bond acceptors (Lipinski definition) is 1.